The first-order valence-corrected chi connectivity index (χ1v) is 7.89. The van der Waals surface area contributed by atoms with E-state index in [1.165, 1.54) is 24.8 Å². The Balaban J connectivity index is 2.02. The van der Waals surface area contributed by atoms with E-state index in [1.807, 2.05) is 30.3 Å². The second-order valence-electron chi connectivity index (χ2n) is 5.24. The molecule has 2 nitrogen and oxygen atoms in total. The number of ether oxygens (including phenoxy) is 1. The molecular formula is C19H25NO. The van der Waals surface area contributed by atoms with Crippen molar-refractivity contribution < 1.29 is 4.74 Å². The molecule has 0 fully saturated rings. The fourth-order valence-corrected chi connectivity index (χ4v) is 2.43. The summed E-state index contributed by atoms with van der Waals surface area (Å²) in [5.74, 6) is 1.76. The smallest absolute Gasteiger partial charge is 0.127 e. The molecule has 0 spiro atoms. The van der Waals surface area contributed by atoms with E-state index in [9.17, 15) is 0 Å². The van der Waals surface area contributed by atoms with Crippen LogP contribution in [0.1, 0.15) is 44.7 Å². The SMILES string of the molecule is CCCCC(NCC)c1ccc(Oc2ccccc2)cc1. The predicted molar refractivity (Wildman–Crippen MR) is 88.9 cm³/mol. The van der Waals surface area contributed by atoms with Gasteiger partial charge in [0.25, 0.3) is 0 Å². The third-order valence-electron chi connectivity index (χ3n) is 3.56. The number of unbranched alkanes of at least 4 members (excludes halogenated alkanes) is 1. The lowest BCUT2D eigenvalue weighted by atomic mass is 10.0. The van der Waals surface area contributed by atoms with Gasteiger partial charge in [-0.3, -0.25) is 0 Å². The number of para-hydroxylation sites is 1. The summed E-state index contributed by atoms with van der Waals surface area (Å²) in [5.41, 5.74) is 1.34. The van der Waals surface area contributed by atoms with Crippen molar-refractivity contribution in [1.29, 1.82) is 0 Å². The van der Waals surface area contributed by atoms with Gasteiger partial charge in [-0.25, -0.2) is 0 Å². The lowest BCUT2D eigenvalue weighted by Gasteiger charge is -2.18. The lowest BCUT2D eigenvalue weighted by molar-refractivity contribution is 0.477. The molecule has 0 aromatic heterocycles. The third-order valence-corrected chi connectivity index (χ3v) is 3.56. The molecule has 0 saturated carbocycles. The van der Waals surface area contributed by atoms with E-state index in [-0.39, 0.29) is 0 Å². The Bertz CT molecular complexity index is 507. The van der Waals surface area contributed by atoms with Gasteiger partial charge in [0.15, 0.2) is 0 Å². The van der Waals surface area contributed by atoms with E-state index >= 15 is 0 Å². The number of hydrogen-bond donors (Lipinski definition) is 1. The Labute approximate surface area is 128 Å². The van der Waals surface area contributed by atoms with Crippen LogP contribution in [-0.2, 0) is 0 Å². The van der Waals surface area contributed by atoms with Crippen LogP contribution in [0.3, 0.4) is 0 Å². The first-order chi connectivity index (χ1) is 10.3. The van der Waals surface area contributed by atoms with Crippen LogP contribution in [0.4, 0.5) is 0 Å². The van der Waals surface area contributed by atoms with Gasteiger partial charge in [-0.2, -0.15) is 0 Å². The van der Waals surface area contributed by atoms with Crippen LogP contribution in [0.25, 0.3) is 0 Å². The van der Waals surface area contributed by atoms with Crippen molar-refractivity contribution in [3.8, 4) is 11.5 Å². The van der Waals surface area contributed by atoms with Gasteiger partial charge < -0.3 is 10.1 Å². The highest BCUT2D eigenvalue weighted by molar-refractivity contribution is 5.33. The average molecular weight is 283 g/mol. The van der Waals surface area contributed by atoms with Gasteiger partial charge in [-0.1, -0.05) is 57.0 Å². The molecule has 1 unspecified atom stereocenters. The van der Waals surface area contributed by atoms with Crippen LogP contribution in [-0.4, -0.2) is 6.54 Å². The molecule has 1 atom stereocenters. The van der Waals surface area contributed by atoms with E-state index < -0.39 is 0 Å². The summed E-state index contributed by atoms with van der Waals surface area (Å²) in [4.78, 5) is 0. The van der Waals surface area contributed by atoms with Crippen molar-refractivity contribution in [1.82, 2.24) is 5.32 Å². The van der Waals surface area contributed by atoms with Crippen LogP contribution in [0.2, 0.25) is 0 Å². The number of hydrogen-bond acceptors (Lipinski definition) is 2. The number of benzene rings is 2. The van der Waals surface area contributed by atoms with Crippen molar-refractivity contribution in [3.05, 3.63) is 60.2 Å². The van der Waals surface area contributed by atoms with Gasteiger partial charge in [0.1, 0.15) is 11.5 Å². The first kappa shape index (κ1) is 15.6. The molecular weight excluding hydrogens is 258 g/mol. The Morgan fingerprint density at radius 1 is 0.905 bits per heavy atom. The van der Waals surface area contributed by atoms with Crippen molar-refractivity contribution in [2.45, 2.75) is 39.2 Å². The summed E-state index contributed by atoms with van der Waals surface area (Å²) in [6, 6.07) is 18.8. The van der Waals surface area contributed by atoms with Crippen molar-refractivity contribution in [2.24, 2.45) is 0 Å². The minimum atomic E-state index is 0.445. The molecule has 21 heavy (non-hydrogen) atoms. The third kappa shape index (κ3) is 4.91. The van der Waals surface area contributed by atoms with E-state index in [4.69, 9.17) is 4.74 Å². The lowest BCUT2D eigenvalue weighted by Crippen LogP contribution is -2.20. The molecule has 0 aliphatic heterocycles. The highest BCUT2D eigenvalue weighted by Crippen LogP contribution is 2.25. The summed E-state index contributed by atoms with van der Waals surface area (Å²) in [7, 11) is 0. The van der Waals surface area contributed by atoms with Crippen LogP contribution in [0.15, 0.2) is 54.6 Å². The largest absolute Gasteiger partial charge is 0.457 e. The van der Waals surface area contributed by atoms with E-state index in [0.29, 0.717) is 6.04 Å². The zero-order valence-corrected chi connectivity index (χ0v) is 13.0. The van der Waals surface area contributed by atoms with Gasteiger partial charge in [0.05, 0.1) is 0 Å². The fourth-order valence-electron chi connectivity index (χ4n) is 2.43. The maximum absolute atomic E-state index is 5.83. The van der Waals surface area contributed by atoms with Crippen molar-refractivity contribution >= 4 is 0 Å². The quantitative estimate of drug-likeness (QED) is 0.708. The Hall–Kier alpha value is -1.80. The normalized spacial score (nSPS) is 12.1. The molecule has 2 heteroatoms. The second-order valence-corrected chi connectivity index (χ2v) is 5.24. The molecule has 0 aliphatic carbocycles. The summed E-state index contributed by atoms with van der Waals surface area (Å²) in [6.07, 6.45) is 3.67. The molecule has 2 rings (SSSR count). The van der Waals surface area contributed by atoms with Gasteiger partial charge in [0.2, 0.25) is 0 Å². The Kier molecular flexibility index (Phi) is 6.29. The molecule has 0 saturated heterocycles. The molecule has 2 aromatic carbocycles. The standard InChI is InChI=1S/C19H25NO/c1-3-5-11-19(20-4-2)16-12-14-18(15-13-16)21-17-9-7-6-8-10-17/h6-10,12-15,19-20H,3-5,11H2,1-2H3. The molecule has 0 amide bonds. The van der Waals surface area contributed by atoms with Crippen LogP contribution >= 0.6 is 0 Å². The minimum Gasteiger partial charge on any atom is -0.457 e. The van der Waals surface area contributed by atoms with Crippen LogP contribution in [0, 0.1) is 0 Å². The van der Waals surface area contributed by atoms with Crippen LogP contribution in [0.5, 0.6) is 11.5 Å². The summed E-state index contributed by atoms with van der Waals surface area (Å²) in [5, 5.41) is 3.56. The van der Waals surface area contributed by atoms with Gasteiger partial charge in [-0.05, 0) is 42.8 Å². The van der Waals surface area contributed by atoms with E-state index in [0.717, 1.165) is 18.0 Å². The predicted octanol–water partition coefficient (Wildman–Crippen LogP) is 5.32. The highest BCUT2D eigenvalue weighted by Gasteiger charge is 2.09. The zero-order chi connectivity index (χ0) is 14.9. The maximum atomic E-state index is 5.83. The Morgan fingerprint density at radius 2 is 1.57 bits per heavy atom. The molecule has 0 heterocycles. The fraction of sp³-hybridized carbons (Fsp3) is 0.368. The van der Waals surface area contributed by atoms with Gasteiger partial charge in [-0.15, -0.1) is 0 Å². The first-order valence-electron chi connectivity index (χ1n) is 7.89. The monoisotopic (exact) mass is 283 g/mol. The molecule has 1 N–H and O–H groups in total. The highest BCUT2D eigenvalue weighted by atomic mass is 16.5. The van der Waals surface area contributed by atoms with E-state index in [2.05, 4.69) is 43.4 Å². The number of nitrogens with one attached hydrogen (secondary N) is 1. The van der Waals surface area contributed by atoms with Gasteiger partial charge in [0, 0.05) is 6.04 Å². The topological polar surface area (TPSA) is 21.3 Å². The summed E-state index contributed by atoms with van der Waals surface area (Å²) in [6.45, 7) is 5.39. The van der Waals surface area contributed by atoms with Crippen molar-refractivity contribution in [2.75, 3.05) is 6.54 Å². The summed E-state index contributed by atoms with van der Waals surface area (Å²) >= 11 is 0. The molecule has 0 radical (unpaired) electrons. The minimum absolute atomic E-state index is 0.445. The van der Waals surface area contributed by atoms with Gasteiger partial charge >= 0.3 is 0 Å². The maximum Gasteiger partial charge on any atom is 0.127 e. The Morgan fingerprint density at radius 3 is 2.19 bits per heavy atom. The van der Waals surface area contributed by atoms with Crippen molar-refractivity contribution in [3.63, 3.8) is 0 Å². The summed E-state index contributed by atoms with van der Waals surface area (Å²) < 4.78 is 5.83. The molecule has 0 bridgehead atoms. The van der Waals surface area contributed by atoms with Crippen LogP contribution < -0.4 is 10.1 Å². The zero-order valence-electron chi connectivity index (χ0n) is 13.0. The molecule has 0 aliphatic rings. The average Bonchev–Trinajstić information content (AvgIpc) is 2.53. The number of rotatable bonds is 8. The molecule has 2 aromatic rings. The van der Waals surface area contributed by atoms with E-state index in [1.54, 1.807) is 0 Å². The molecule has 112 valence electrons. The second kappa shape index (κ2) is 8.48.